The third-order valence-corrected chi connectivity index (χ3v) is 3.42. The average molecular weight is 221 g/mol. The van der Waals surface area contributed by atoms with E-state index in [1.54, 1.807) is 12.1 Å². The Morgan fingerprint density at radius 3 is 2.73 bits per heavy atom. The molecule has 15 heavy (non-hydrogen) atoms. The third-order valence-electron chi connectivity index (χ3n) is 2.29. The minimum atomic E-state index is -3.69. The van der Waals surface area contributed by atoms with Crippen molar-refractivity contribution in [3.63, 3.8) is 0 Å². The number of hydrogen-bond donors (Lipinski definition) is 0. The summed E-state index contributed by atoms with van der Waals surface area (Å²) in [5.74, 6) is 0. The van der Waals surface area contributed by atoms with E-state index in [1.807, 2.05) is 23.9 Å². The highest BCUT2D eigenvalue weighted by molar-refractivity contribution is 7.93. The summed E-state index contributed by atoms with van der Waals surface area (Å²) in [5, 5.41) is 0.849. The van der Waals surface area contributed by atoms with E-state index in [4.69, 9.17) is 6.57 Å². The quantitative estimate of drug-likeness (QED) is 0.737. The van der Waals surface area contributed by atoms with Gasteiger partial charge in [0.15, 0.2) is 4.90 Å². The number of rotatable bonds is 1. The molecule has 0 aliphatic rings. The van der Waals surface area contributed by atoms with Crippen molar-refractivity contribution in [1.82, 2.24) is 4.57 Å². The van der Waals surface area contributed by atoms with Crippen LogP contribution in [-0.2, 0) is 17.1 Å². The summed E-state index contributed by atoms with van der Waals surface area (Å²) in [7, 11) is -1.79. The first-order valence-corrected chi connectivity index (χ1v) is 5.71. The summed E-state index contributed by atoms with van der Waals surface area (Å²) in [6, 6.07) is 6.62. The number of fused-ring (bicyclic) bond motifs is 1. The zero-order valence-electron chi connectivity index (χ0n) is 8.08. The number of hydrogen-bond acceptors (Lipinski definition) is 2. The van der Waals surface area contributed by atoms with Gasteiger partial charge in [-0.15, -0.1) is 8.42 Å². The molecule has 0 aliphatic carbocycles. The zero-order valence-corrected chi connectivity index (χ0v) is 8.90. The Morgan fingerprint density at radius 1 is 1.33 bits per heavy atom. The van der Waals surface area contributed by atoms with Gasteiger partial charge >= 0.3 is 10.0 Å². The van der Waals surface area contributed by atoms with E-state index < -0.39 is 10.0 Å². The van der Waals surface area contributed by atoms with Gasteiger partial charge in [0.05, 0.1) is 4.25 Å². The Morgan fingerprint density at radius 2 is 2.07 bits per heavy atom. The van der Waals surface area contributed by atoms with Gasteiger partial charge in [-0.1, -0.05) is 0 Å². The molecular weight excluding hydrogens is 212 g/mol. The normalized spacial score (nSPS) is 11.5. The standard InChI is InChI=1S/C10H9N2O2S/c1-11-15(13,14)9-3-4-10-8(7-9)5-6-12(10)2/h1,3-7H,2H3/q+1. The molecule has 0 aliphatic heterocycles. The van der Waals surface area contributed by atoms with E-state index in [9.17, 15) is 8.42 Å². The van der Waals surface area contributed by atoms with Crippen LogP contribution in [0.3, 0.4) is 0 Å². The van der Waals surface area contributed by atoms with E-state index in [-0.39, 0.29) is 4.90 Å². The number of aryl methyl sites for hydroxylation is 1. The molecule has 0 unspecified atom stereocenters. The molecule has 0 spiro atoms. The van der Waals surface area contributed by atoms with Gasteiger partial charge in [-0.25, -0.2) is 0 Å². The monoisotopic (exact) mass is 221 g/mol. The molecular formula is C10H9N2O2S+. The van der Waals surface area contributed by atoms with Crippen molar-refractivity contribution in [2.45, 2.75) is 4.90 Å². The summed E-state index contributed by atoms with van der Waals surface area (Å²) < 4.78 is 27.5. The van der Waals surface area contributed by atoms with Gasteiger partial charge in [0.1, 0.15) is 0 Å². The minimum absolute atomic E-state index is 0.115. The smallest absolute Gasteiger partial charge is 0.351 e. The van der Waals surface area contributed by atoms with Crippen LogP contribution in [0.5, 0.6) is 0 Å². The molecule has 2 rings (SSSR count). The highest BCUT2D eigenvalue weighted by Gasteiger charge is 2.22. The van der Waals surface area contributed by atoms with E-state index in [0.717, 1.165) is 10.9 Å². The first-order chi connectivity index (χ1) is 7.04. The Hall–Kier alpha value is -1.80. The molecule has 1 heterocycles. The van der Waals surface area contributed by atoms with Crippen molar-refractivity contribution in [2.75, 3.05) is 0 Å². The van der Waals surface area contributed by atoms with Crippen molar-refractivity contribution >= 4 is 20.9 Å². The highest BCUT2D eigenvalue weighted by atomic mass is 32.2. The molecule has 76 valence electrons. The molecule has 0 bridgehead atoms. The van der Waals surface area contributed by atoms with Crippen LogP contribution in [0.2, 0.25) is 0 Å². The van der Waals surface area contributed by atoms with Crippen LogP contribution in [0.1, 0.15) is 0 Å². The van der Waals surface area contributed by atoms with Gasteiger partial charge in [0.2, 0.25) is 0 Å². The Bertz CT molecular complexity index is 662. The first kappa shape index (κ1) is 9.74. The highest BCUT2D eigenvalue weighted by Crippen LogP contribution is 2.20. The van der Waals surface area contributed by atoms with Crippen LogP contribution < -0.4 is 0 Å². The summed E-state index contributed by atoms with van der Waals surface area (Å²) in [6.45, 7) is 4.82. The van der Waals surface area contributed by atoms with Crippen LogP contribution >= 0.6 is 0 Å². The molecule has 0 saturated heterocycles. The Balaban J connectivity index is 2.74. The second kappa shape index (κ2) is 3.11. The van der Waals surface area contributed by atoms with Gasteiger partial charge in [0, 0.05) is 24.1 Å². The molecule has 0 saturated carbocycles. The largest absolute Gasteiger partial charge is 0.510 e. The van der Waals surface area contributed by atoms with E-state index in [0.29, 0.717) is 0 Å². The summed E-state index contributed by atoms with van der Waals surface area (Å²) in [5.41, 5.74) is 0.964. The summed E-state index contributed by atoms with van der Waals surface area (Å²) >= 11 is 0. The maximum Gasteiger partial charge on any atom is 0.510 e. The molecule has 1 aromatic carbocycles. The van der Waals surface area contributed by atoms with Gasteiger partial charge in [-0.05, 0) is 24.3 Å². The fraction of sp³-hybridized carbons (Fsp3) is 0.100. The fourth-order valence-electron chi connectivity index (χ4n) is 1.48. The first-order valence-electron chi connectivity index (χ1n) is 4.27. The molecule has 1 aromatic heterocycles. The van der Waals surface area contributed by atoms with Crippen LogP contribution in [0, 0.1) is 6.57 Å². The van der Waals surface area contributed by atoms with Crippen LogP contribution in [0.4, 0.5) is 0 Å². The molecule has 0 amide bonds. The maximum absolute atomic E-state index is 11.4. The third kappa shape index (κ3) is 1.49. The van der Waals surface area contributed by atoms with Crippen LogP contribution in [0.25, 0.3) is 15.2 Å². The van der Waals surface area contributed by atoms with Crippen molar-refractivity contribution in [1.29, 1.82) is 0 Å². The van der Waals surface area contributed by atoms with E-state index in [1.165, 1.54) is 6.07 Å². The lowest BCUT2D eigenvalue weighted by Gasteiger charge is -1.95. The average Bonchev–Trinajstić information content (AvgIpc) is 2.60. The molecule has 2 aromatic rings. The molecule has 0 N–H and O–H groups in total. The van der Waals surface area contributed by atoms with Gasteiger partial charge in [-0.2, -0.15) is 0 Å². The van der Waals surface area contributed by atoms with Crippen molar-refractivity contribution < 1.29 is 8.42 Å². The Kier molecular flexibility index (Phi) is 2.02. The van der Waals surface area contributed by atoms with Crippen LogP contribution in [0.15, 0.2) is 35.4 Å². The minimum Gasteiger partial charge on any atom is -0.351 e. The van der Waals surface area contributed by atoms with E-state index >= 15 is 0 Å². The molecule has 5 heteroatoms. The summed E-state index contributed by atoms with van der Waals surface area (Å²) in [6.07, 6.45) is 1.86. The maximum atomic E-state index is 11.4. The molecule has 0 atom stereocenters. The SMILES string of the molecule is C#[N+]S(=O)(=O)c1ccc2c(ccn2C)c1. The molecule has 0 radical (unpaired) electrons. The predicted molar refractivity (Wildman–Crippen MR) is 58.4 cm³/mol. The molecule has 4 nitrogen and oxygen atoms in total. The lowest BCUT2D eigenvalue weighted by molar-refractivity contribution is 0.604. The van der Waals surface area contributed by atoms with Crippen molar-refractivity contribution in [3.8, 4) is 6.57 Å². The number of aromatic nitrogens is 1. The predicted octanol–water partition coefficient (Wildman–Crippen LogP) is 1.83. The zero-order chi connectivity index (χ0) is 11.1. The van der Waals surface area contributed by atoms with Gasteiger partial charge in [0.25, 0.3) is 6.57 Å². The topological polar surface area (TPSA) is 43.4 Å². The van der Waals surface area contributed by atoms with Crippen molar-refractivity contribution in [3.05, 3.63) is 34.7 Å². The van der Waals surface area contributed by atoms with E-state index in [2.05, 4.69) is 4.25 Å². The lowest BCUT2D eigenvalue weighted by Crippen LogP contribution is -1.93. The Labute approximate surface area is 87.6 Å². The fourth-order valence-corrected chi connectivity index (χ4v) is 2.12. The second-order valence-corrected chi connectivity index (χ2v) is 4.86. The molecule has 0 fully saturated rings. The number of sulfonamides is 1. The number of nitrogens with zero attached hydrogens (tertiary/aromatic N) is 2. The van der Waals surface area contributed by atoms with Crippen molar-refractivity contribution in [2.24, 2.45) is 7.05 Å². The van der Waals surface area contributed by atoms with Gasteiger partial charge in [-0.3, -0.25) is 0 Å². The summed E-state index contributed by atoms with van der Waals surface area (Å²) in [4.78, 5) is 0.115. The number of benzene rings is 1. The lowest BCUT2D eigenvalue weighted by atomic mass is 10.2. The van der Waals surface area contributed by atoms with Crippen LogP contribution in [-0.4, -0.2) is 13.0 Å². The van der Waals surface area contributed by atoms with Gasteiger partial charge < -0.3 is 4.57 Å². The second-order valence-electron chi connectivity index (χ2n) is 3.23.